The van der Waals surface area contributed by atoms with Crippen LogP contribution in [0.15, 0.2) is 54.3 Å². The van der Waals surface area contributed by atoms with Gasteiger partial charge in [0.1, 0.15) is 23.0 Å². The molecular formula is C24H30BFO5. The molecule has 0 aliphatic carbocycles. The minimum atomic E-state index is -1.13. The molecule has 1 fully saturated rings. The highest BCUT2D eigenvalue weighted by atomic mass is 19.1. The molecule has 0 unspecified atom stereocenters. The SMILES string of the molecule is COc1cccc(OC)c1C(CCOc1ccccc1)=C(F)B1OC(C)(C)C(C)(C)O1. The Morgan fingerprint density at radius 3 is 1.94 bits per heavy atom. The van der Waals surface area contributed by atoms with Gasteiger partial charge in [-0.1, -0.05) is 24.3 Å². The van der Waals surface area contributed by atoms with E-state index in [1.165, 1.54) is 0 Å². The van der Waals surface area contributed by atoms with Gasteiger partial charge in [0.05, 0.1) is 37.6 Å². The Morgan fingerprint density at radius 2 is 1.42 bits per heavy atom. The Labute approximate surface area is 184 Å². The summed E-state index contributed by atoms with van der Waals surface area (Å²) in [5.41, 5.74) is -0.949. The number of ether oxygens (including phenoxy) is 3. The van der Waals surface area contributed by atoms with Gasteiger partial charge >= 0.3 is 7.12 Å². The summed E-state index contributed by atoms with van der Waals surface area (Å²) in [5.74, 6) is 1.71. The van der Waals surface area contributed by atoms with E-state index in [-0.39, 0.29) is 13.0 Å². The maximum Gasteiger partial charge on any atom is 0.525 e. The van der Waals surface area contributed by atoms with Crippen molar-refractivity contribution < 1.29 is 27.9 Å². The average Bonchev–Trinajstić information content (AvgIpc) is 2.98. The first-order valence-corrected chi connectivity index (χ1v) is 10.3. The smallest absolute Gasteiger partial charge is 0.496 e. The molecule has 7 heteroatoms. The van der Waals surface area contributed by atoms with Crippen LogP contribution in [0.4, 0.5) is 4.39 Å². The number of halogens is 1. The van der Waals surface area contributed by atoms with Gasteiger partial charge in [0.25, 0.3) is 0 Å². The Hall–Kier alpha value is -2.51. The van der Waals surface area contributed by atoms with Crippen LogP contribution < -0.4 is 14.2 Å². The summed E-state index contributed by atoms with van der Waals surface area (Å²) in [6.45, 7) is 7.82. The monoisotopic (exact) mass is 428 g/mol. The van der Waals surface area contributed by atoms with E-state index in [0.717, 1.165) is 0 Å². The fourth-order valence-electron chi connectivity index (χ4n) is 3.39. The zero-order chi connectivity index (χ0) is 22.6. The normalized spacial score (nSPS) is 17.8. The highest BCUT2D eigenvalue weighted by Crippen LogP contribution is 2.43. The van der Waals surface area contributed by atoms with Crippen molar-refractivity contribution in [3.05, 3.63) is 59.8 Å². The second kappa shape index (κ2) is 9.33. The molecule has 5 nitrogen and oxygen atoms in total. The minimum Gasteiger partial charge on any atom is -0.496 e. The molecule has 1 aliphatic rings. The van der Waals surface area contributed by atoms with E-state index in [9.17, 15) is 0 Å². The molecule has 0 radical (unpaired) electrons. The number of methoxy groups -OCH3 is 2. The van der Waals surface area contributed by atoms with Gasteiger partial charge in [-0.15, -0.1) is 0 Å². The lowest BCUT2D eigenvalue weighted by molar-refractivity contribution is 0.00578. The van der Waals surface area contributed by atoms with Crippen molar-refractivity contribution >= 4 is 12.7 Å². The highest BCUT2D eigenvalue weighted by Gasteiger charge is 2.53. The molecule has 0 spiro atoms. The van der Waals surface area contributed by atoms with Crippen LogP contribution in [0.1, 0.15) is 39.7 Å². The predicted octanol–water partition coefficient (Wildman–Crippen LogP) is 5.48. The molecule has 0 bridgehead atoms. The molecule has 0 amide bonds. The molecule has 0 saturated carbocycles. The van der Waals surface area contributed by atoms with Crippen LogP contribution in [0, 0.1) is 0 Å². The van der Waals surface area contributed by atoms with Crippen molar-refractivity contribution in [1.82, 2.24) is 0 Å². The molecule has 0 aromatic heterocycles. The van der Waals surface area contributed by atoms with Gasteiger partial charge < -0.3 is 23.5 Å². The topological polar surface area (TPSA) is 46.2 Å². The summed E-state index contributed by atoms with van der Waals surface area (Å²) in [4.78, 5) is 0. The highest BCUT2D eigenvalue weighted by molar-refractivity contribution is 6.55. The van der Waals surface area contributed by atoms with Crippen LogP contribution in [0.3, 0.4) is 0 Å². The Morgan fingerprint density at radius 1 is 0.871 bits per heavy atom. The van der Waals surface area contributed by atoms with Crippen LogP contribution in [-0.4, -0.2) is 39.1 Å². The van der Waals surface area contributed by atoms with Crippen LogP contribution in [0.2, 0.25) is 0 Å². The summed E-state index contributed by atoms with van der Waals surface area (Å²) in [6.07, 6.45) is 0.265. The van der Waals surface area contributed by atoms with E-state index in [2.05, 4.69) is 0 Å². The largest absolute Gasteiger partial charge is 0.525 e. The van der Waals surface area contributed by atoms with Gasteiger partial charge in [-0.05, 0) is 57.5 Å². The number of para-hydroxylation sites is 1. The third kappa shape index (κ3) is 4.88. The predicted molar refractivity (Wildman–Crippen MR) is 120 cm³/mol. The van der Waals surface area contributed by atoms with E-state index in [1.54, 1.807) is 32.4 Å². The van der Waals surface area contributed by atoms with Gasteiger partial charge in [0, 0.05) is 6.42 Å². The summed E-state index contributed by atoms with van der Waals surface area (Å²) < 4.78 is 44.8. The standard InChI is InChI=1S/C24H30BFO5/c1-23(2)24(3,4)31-25(30-23)22(26)18(15-16-29-17-11-8-7-9-12-17)21-19(27-5)13-10-14-20(21)28-6/h7-14H,15-16H2,1-6H3. The van der Waals surface area contributed by atoms with Gasteiger partial charge in [-0.3, -0.25) is 0 Å². The molecule has 1 aliphatic heterocycles. The first-order chi connectivity index (χ1) is 14.7. The third-order valence-corrected chi connectivity index (χ3v) is 5.84. The molecule has 31 heavy (non-hydrogen) atoms. The zero-order valence-electron chi connectivity index (χ0n) is 19.0. The number of rotatable bonds is 8. The van der Waals surface area contributed by atoms with Crippen LogP contribution in [0.25, 0.3) is 5.57 Å². The second-order valence-corrected chi connectivity index (χ2v) is 8.36. The lowest BCUT2D eigenvalue weighted by atomic mass is 9.81. The molecule has 166 valence electrons. The lowest BCUT2D eigenvalue weighted by Gasteiger charge is -2.32. The molecular weight excluding hydrogens is 398 g/mol. The van der Waals surface area contributed by atoms with Gasteiger partial charge in [-0.25, -0.2) is 4.39 Å². The lowest BCUT2D eigenvalue weighted by Crippen LogP contribution is -2.41. The molecule has 1 heterocycles. The summed E-state index contributed by atoms with van der Waals surface area (Å²) in [5, 5.41) is 0. The van der Waals surface area contributed by atoms with E-state index in [4.69, 9.17) is 23.5 Å². The first kappa shape index (κ1) is 23.2. The first-order valence-electron chi connectivity index (χ1n) is 10.3. The van der Waals surface area contributed by atoms with E-state index in [0.29, 0.717) is 28.4 Å². The van der Waals surface area contributed by atoms with Crippen LogP contribution in [-0.2, 0) is 9.31 Å². The van der Waals surface area contributed by atoms with E-state index < -0.39 is 24.0 Å². The van der Waals surface area contributed by atoms with Crippen molar-refractivity contribution in [2.75, 3.05) is 20.8 Å². The van der Waals surface area contributed by atoms with Crippen molar-refractivity contribution in [3.8, 4) is 17.2 Å². The van der Waals surface area contributed by atoms with Gasteiger partial charge in [0.15, 0.2) is 0 Å². The van der Waals surface area contributed by atoms with E-state index >= 15 is 4.39 Å². The molecule has 2 aromatic rings. The molecule has 0 N–H and O–H groups in total. The van der Waals surface area contributed by atoms with Crippen molar-refractivity contribution in [3.63, 3.8) is 0 Å². The van der Waals surface area contributed by atoms with Crippen LogP contribution >= 0.6 is 0 Å². The van der Waals surface area contributed by atoms with Crippen molar-refractivity contribution in [1.29, 1.82) is 0 Å². The van der Waals surface area contributed by atoms with Crippen molar-refractivity contribution in [2.24, 2.45) is 0 Å². The maximum atomic E-state index is 16.0. The number of hydrogen-bond donors (Lipinski definition) is 0. The third-order valence-electron chi connectivity index (χ3n) is 5.84. The van der Waals surface area contributed by atoms with Gasteiger partial charge in [0.2, 0.25) is 0 Å². The Kier molecular flexibility index (Phi) is 6.97. The van der Waals surface area contributed by atoms with Crippen LogP contribution in [0.5, 0.6) is 17.2 Å². The van der Waals surface area contributed by atoms with Gasteiger partial charge in [-0.2, -0.15) is 0 Å². The second-order valence-electron chi connectivity index (χ2n) is 8.36. The summed E-state index contributed by atoms with van der Waals surface area (Å²) in [6, 6.07) is 14.7. The Bertz CT molecular complexity index is 889. The summed E-state index contributed by atoms with van der Waals surface area (Å²) >= 11 is 0. The fourth-order valence-corrected chi connectivity index (χ4v) is 3.39. The molecule has 3 rings (SSSR count). The number of benzene rings is 2. The average molecular weight is 428 g/mol. The van der Waals surface area contributed by atoms with Crippen molar-refractivity contribution in [2.45, 2.75) is 45.3 Å². The van der Waals surface area contributed by atoms with E-state index in [1.807, 2.05) is 58.0 Å². The molecule has 0 atom stereocenters. The Balaban J connectivity index is 2.00. The molecule has 1 saturated heterocycles. The zero-order valence-corrected chi connectivity index (χ0v) is 19.0. The summed E-state index contributed by atoms with van der Waals surface area (Å²) in [7, 11) is 1.96. The minimum absolute atomic E-state index is 0.257. The quantitative estimate of drug-likeness (QED) is 0.521. The maximum absolute atomic E-state index is 16.0. The molecule has 2 aromatic carbocycles. The number of hydrogen-bond acceptors (Lipinski definition) is 5. The fraction of sp³-hybridized carbons (Fsp3) is 0.417.